The van der Waals surface area contributed by atoms with Crippen molar-refractivity contribution in [1.29, 1.82) is 0 Å². The topological polar surface area (TPSA) is 69.9 Å². The van der Waals surface area contributed by atoms with Crippen molar-refractivity contribution in [2.75, 3.05) is 13.2 Å². The maximum absolute atomic E-state index is 9.18. The van der Waals surface area contributed by atoms with Gasteiger partial charge >= 0.3 is 0 Å². The first-order chi connectivity index (χ1) is 4.60. The zero-order chi connectivity index (χ0) is 7.78. The van der Waals surface area contributed by atoms with Crippen molar-refractivity contribution < 1.29 is 20.1 Å². The van der Waals surface area contributed by atoms with Gasteiger partial charge in [0.05, 0.1) is 13.2 Å². The van der Waals surface area contributed by atoms with E-state index in [0.29, 0.717) is 0 Å². The molecule has 0 aliphatic carbocycles. The molecule has 0 amide bonds. The lowest BCUT2D eigenvalue weighted by molar-refractivity contribution is -0.0816. The van der Waals surface area contributed by atoms with Crippen LogP contribution in [-0.2, 0) is 4.74 Å². The van der Waals surface area contributed by atoms with Gasteiger partial charge in [-0.25, -0.2) is 0 Å². The van der Waals surface area contributed by atoms with E-state index in [4.69, 9.17) is 14.9 Å². The van der Waals surface area contributed by atoms with Crippen LogP contribution in [-0.4, -0.2) is 46.3 Å². The predicted molar refractivity (Wildman–Crippen MR) is 33.5 cm³/mol. The molecule has 4 heteroatoms. The quantitative estimate of drug-likeness (QED) is 0.423. The smallest absolute Gasteiger partial charge is 0.117 e. The number of ether oxygens (including phenoxy) is 1. The molecule has 1 aliphatic rings. The lowest BCUT2D eigenvalue weighted by Crippen LogP contribution is -2.43. The third-order valence-electron chi connectivity index (χ3n) is 1.89. The average molecular weight is 148 g/mol. The van der Waals surface area contributed by atoms with Gasteiger partial charge in [-0.15, -0.1) is 0 Å². The molecule has 1 fully saturated rings. The molecule has 3 N–H and O–H groups in total. The summed E-state index contributed by atoms with van der Waals surface area (Å²) in [5.41, 5.74) is -0.973. The molecule has 0 aromatic carbocycles. The normalized spacial score (nSPS) is 48.0. The van der Waals surface area contributed by atoms with Gasteiger partial charge in [0, 0.05) is 0 Å². The van der Waals surface area contributed by atoms with Crippen LogP contribution in [0.2, 0.25) is 0 Å². The molecule has 1 aliphatic heterocycles. The summed E-state index contributed by atoms with van der Waals surface area (Å²) in [5.74, 6) is 0. The molecule has 1 saturated heterocycles. The number of aliphatic hydroxyl groups excluding tert-OH is 3. The van der Waals surface area contributed by atoms with Crippen LogP contribution >= 0.6 is 0 Å². The molecule has 0 spiro atoms. The van der Waals surface area contributed by atoms with Crippen LogP contribution in [0.4, 0.5) is 0 Å². The Balaban J connectivity index is 2.64. The van der Waals surface area contributed by atoms with Crippen LogP contribution in [0, 0.1) is 0 Å². The van der Waals surface area contributed by atoms with Crippen molar-refractivity contribution in [3.63, 3.8) is 0 Å². The Morgan fingerprint density at radius 3 is 2.40 bits per heavy atom. The third kappa shape index (κ3) is 1.03. The molecule has 10 heavy (non-hydrogen) atoms. The minimum absolute atomic E-state index is 0.0955. The lowest BCUT2D eigenvalue weighted by atomic mass is 9.99. The van der Waals surface area contributed by atoms with E-state index < -0.39 is 17.8 Å². The molecule has 0 aromatic heterocycles. The number of hydrogen-bond acceptors (Lipinski definition) is 4. The summed E-state index contributed by atoms with van der Waals surface area (Å²) in [5, 5.41) is 26.9. The van der Waals surface area contributed by atoms with Crippen molar-refractivity contribution in [2.45, 2.75) is 24.7 Å². The fourth-order valence-corrected chi connectivity index (χ4v) is 0.998. The van der Waals surface area contributed by atoms with E-state index in [1.165, 1.54) is 0 Å². The number of rotatable bonds is 1. The van der Waals surface area contributed by atoms with E-state index in [1.54, 1.807) is 6.92 Å². The molecule has 3 atom stereocenters. The fraction of sp³-hybridized carbons (Fsp3) is 1.00. The Hall–Kier alpha value is -0.160. The molecule has 4 nitrogen and oxygen atoms in total. The Kier molecular flexibility index (Phi) is 1.96. The minimum atomic E-state index is -0.975. The summed E-state index contributed by atoms with van der Waals surface area (Å²) in [7, 11) is 0. The van der Waals surface area contributed by atoms with Crippen LogP contribution in [0.1, 0.15) is 6.92 Å². The average Bonchev–Trinajstić information content (AvgIpc) is 2.19. The van der Waals surface area contributed by atoms with E-state index >= 15 is 0 Å². The minimum Gasteiger partial charge on any atom is -0.393 e. The van der Waals surface area contributed by atoms with Gasteiger partial charge in [-0.05, 0) is 6.92 Å². The van der Waals surface area contributed by atoms with Crippen molar-refractivity contribution in [3.8, 4) is 0 Å². The van der Waals surface area contributed by atoms with Gasteiger partial charge in [-0.1, -0.05) is 0 Å². The number of hydrogen-bond donors (Lipinski definition) is 3. The molecular formula is C6H12O4. The summed E-state index contributed by atoms with van der Waals surface area (Å²) in [6.07, 6.45) is -1.84. The fourth-order valence-electron chi connectivity index (χ4n) is 0.998. The van der Waals surface area contributed by atoms with Gasteiger partial charge in [-0.3, -0.25) is 0 Å². The summed E-state index contributed by atoms with van der Waals surface area (Å²) >= 11 is 0. The predicted octanol–water partition coefficient (Wildman–Crippen LogP) is -1.51. The van der Waals surface area contributed by atoms with Crippen molar-refractivity contribution in [1.82, 2.24) is 0 Å². The summed E-state index contributed by atoms with van der Waals surface area (Å²) in [6, 6.07) is 0. The standard InChI is InChI=1S/C6H12O4/c1-6(3-7)5(9)4(8)2-10-6/h4-5,7-9H,2-3H2,1H3/t4-,5?,6?/m1/s1. The summed E-state index contributed by atoms with van der Waals surface area (Å²) in [4.78, 5) is 0. The van der Waals surface area contributed by atoms with E-state index in [2.05, 4.69) is 0 Å². The molecule has 0 saturated carbocycles. The van der Waals surface area contributed by atoms with Gasteiger partial charge in [0.15, 0.2) is 0 Å². The maximum atomic E-state index is 9.18. The zero-order valence-electron chi connectivity index (χ0n) is 5.82. The SMILES string of the molecule is CC1(CO)OC[C@@H](O)C1O. The zero-order valence-corrected chi connectivity index (χ0v) is 5.82. The highest BCUT2D eigenvalue weighted by Gasteiger charge is 2.44. The second kappa shape index (κ2) is 2.47. The highest BCUT2D eigenvalue weighted by Crippen LogP contribution is 2.24. The summed E-state index contributed by atoms with van der Waals surface area (Å²) in [6.45, 7) is 1.39. The third-order valence-corrected chi connectivity index (χ3v) is 1.89. The Labute approximate surface area is 59.1 Å². The van der Waals surface area contributed by atoms with Crippen LogP contribution in [0.3, 0.4) is 0 Å². The van der Waals surface area contributed by atoms with Gasteiger partial charge in [0.1, 0.15) is 17.8 Å². The van der Waals surface area contributed by atoms with Crippen LogP contribution in [0.5, 0.6) is 0 Å². The summed E-state index contributed by atoms with van der Waals surface area (Å²) < 4.78 is 4.96. The van der Waals surface area contributed by atoms with Crippen molar-refractivity contribution in [2.24, 2.45) is 0 Å². The van der Waals surface area contributed by atoms with E-state index in [9.17, 15) is 5.11 Å². The molecule has 0 radical (unpaired) electrons. The first-order valence-electron chi connectivity index (χ1n) is 3.21. The van der Waals surface area contributed by atoms with Crippen LogP contribution in [0.15, 0.2) is 0 Å². The van der Waals surface area contributed by atoms with Gasteiger partial charge in [0.25, 0.3) is 0 Å². The monoisotopic (exact) mass is 148 g/mol. The molecule has 1 heterocycles. The molecule has 0 bridgehead atoms. The molecule has 60 valence electrons. The van der Waals surface area contributed by atoms with E-state index in [-0.39, 0.29) is 13.2 Å². The second-order valence-corrected chi connectivity index (χ2v) is 2.79. The Bertz CT molecular complexity index is 127. The Morgan fingerprint density at radius 1 is 1.60 bits per heavy atom. The van der Waals surface area contributed by atoms with Crippen LogP contribution in [0.25, 0.3) is 0 Å². The highest BCUT2D eigenvalue weighted by molar-refractivity contribution is 4.93. The Morgan fingerprint density at radius 2 is 2.20 bits per heavy atom. The van der Waals surface area contributed by atoms with Crippen LogP contribution < -0.4 is 0 Å². The van der Waals surface area contributed by atoms with Gasteiger partial charge in [-0.2, -0.15) is 0 Å². The van der Waals surface area contributed by atoms with E-state index in [1.807, 2.05) is 0 Å². The number of aliphatic hydroxyl groups is 3. The van der Waals surface area contributed by atoms with Crippen molar-refractivity contribution in [3.05, 3.63) is 0 Å². The molecule has 1 rings (SSSR count). The largest absolute Gasteiger partial charge is 0.393 e. The molecule has 2 unspecified atom stereocenters. The lowest BCUT2D eigenvalue weighted by Gasteiger charge is -2.24. The molecular weight excluding hydrogens is 136 g/mol. The first kappa shape index (κ1) is 7.94. The van der Waals surface area contributed by atoms with Crippen molar-refractivity contribution >= 4 is 0 Å². The highest BCUT2D eigenvalue weighted by atomic mass is 16.6. The molecule has 0 aromatic rings. The van der Waals surface area contributed by atoms with Gasteiger partial charge < -0.3 is 20.1 Å². The second-order valence-electron chi connectivity index (χ2n) is 2.79. The maximum Gasteiger partial charge on any atom is 0.117 e. The first-order valence-corrected chi connectivity index (χ1v) is 3.21. The van der Waals surface area contributed by atoms with E-state index in [0.717, 1.165) is 0 Å². The van der Waals surface area contributed by atoms with Gasteiger partial charge in [0.2, 0.25) is 0 Å².